The van der Waals surface area contributed by atoms with Crippen molar-refractivity contribution in [2.75, 3.05) is 24.7 Å². The van der Waals surface area contributed by atoms with Crippen LogP contribution in [0.25, 0.3) is 0 Å². The van der Waals surface area contributed by atoms with Crippen LogP contribution in [0.15, 0.2) is 17.5 Å². The average Bonchev–Trinajstić information content (AvgIpc) is 2.80. The second-order valence-electron chi connectivity index (χ2n) is 3.53. The molecule has 0 aliphatic carbocycles. The number of nitrogens with one attached hydrogen (secondary N) is 1. The number of ether oxygens (including phenoxy) is 1. The number of thioether (sulfide) groups is 1. The summed E-state index contributed by atoms with van der Waals surface area (Å²) in [6.45, 7) is 4.03. The lowest BCUT2D eigenvalue weighted by Crippen LogP contribution is -2.37. The minimum Gasteiger partial charge on any atom is -0.374 e. The SMILES string of the molecule is CCNC(c1cccs1)C1CSCCO1. The molecule has 1 aliphatic rings. The summed E-state index contributed by atoms with van der Waals surface area (Å²) < 4.78 is 5.84. The third kappa shape index (κ3) is 2.97. The van der Waals surface area contributed by atoms with E-state index in [1.807, 2.05) is 23.1 Å². The molecule has 1 aromatic heterocycles. The summed E-state index contributed by atoms with van der Waals surface area (Å²) in [5.41, 5.74) is 0. The number of rotatable bonds is 4. The lowest BCUT2D eigenvalue weighted by Gasteiger charge is -2.30. The van der Waals surface area contributed by atoms with Crippen LogP contribution in [0.4, 0.5) is 0 Å². The van der Waals surface area contributed by atoms with Crippen LogP contribution < -0.4 is 5.32 Å². The van der Waals surface area contributed by atoms with Gasteiger partial charge in [0.2, 0.25) is 0 Å². The van der Waals surface area contributed by atoms with Crippen molar-refractivity contribution >= 4 is 23.1 Å². The zero-order valence-electron chi connectivity index (χ0n) is 8.94. The number of likely N-dealkylation sites (N-methyl/N-ethyl adjacent to an activating group) is 1. The van der Waals surface area contributed by atoms with Gasteiger partial charge in [-0.3, -0.25) is 0 Å². The van der Waals surface area contributed by atoms with Crippen LogP contribution in [-0.4, -0.2) is 30.8 Å². The van der Waals surface area contributed by atoms with E-state index in [1.54, 1.807) is 0 Å². The molecule has 0 amide bonds. The van der Waals surface area contributed by atoms with E-state index < -0.39 is 0 Å². The monoisotopic (exact) mass is 243 g/mol. The highest BCUT2D eigenvalue weighted by atomic mass is 32.2. The Hall–Kier alpha value is -0.0300. The van der Waals surface area contributed by atoms with Crippen molar-refractivity contribution in [1.82, 2.24) is 5.32 Å². The molecule has 2 nitrogen and oxygen atoms in total. The van der Waals surface area contributed by atoms with E-state index in [4.69, 9.17) is 4.74 Å². The van der Waals surface area contributed by atoms with E-state index in [1.165, 1.54) is 4.88 Å². The van der Waals surface area contributed by atoms with Gasteiger partial charge < -0.3 is 10.1 Å². The molecule has 2 atom stereocenters. The van der Waals surface area contributed by atoms with Gasteiger partial charge >= 0.3 is 0 Å². The molecule has 0 saturated carbocycles. The predicted octanol–water partition coefficient (Wildman–Crippen LogP) is 2.53. The highest BCUT2D eigenvalue weighted by molar-refractivity contribution is 7.99. The zero-order chi connectivity index (χ0) is 10.5. The van der Waals surface area contributed by atoms with Crippen molar-refractivity contribution in [2.24, 2.45) is 0 Å². The van der Waals surface area contributed by atoms with E-state index in [0.717, 1.165) is 24.7 Å². The number of thiophene rings is 1. The molecule has 0 spiro atoms. The summed E-state index contributed by atoms with van der Waals surface area (Å²) in [6, 6.07) is 4.68. The summed E-state index contributed by atoms with van der Waals surface area (Å²) in [7, 11) is 0. The van der Waals surface area contributed by atoms with Crippen molar-refractivity contribution in [2.45, 2.75) is 19.1 Å². The van der Waals surface area contributed by atoms with Crippen molar-refractivity contribution in [3.8, 4) is 0 Å². The first-order valence-electron chi connectivity index (χ1n) is 5.38. The molecule has 2 rings (SSSR count). The van der Waals surface area contributed by atoms with Gasteiger partial charge in [-0.25, -0.2) is 0 Å². The first kappa shape index (κ1) is 11.5. The van der Waals surface area contributed by atoms with E-state index in [-0.39, 0.29) is 0 Å². The summed E-state index contributed by atoms with van der Waals surface area (Å²) in [6.07, 6.45) is 0.336. The van der Waals surface area contributed by atoms with E-state index >= 15 is 0 Å². The smallest absolute Gasteiger partial charge is 0.0868 e. The maximum Gasteiger partial charge on any atom is 0.0868 e. The normalized spacial score (nSPS) is 23.9. The van der Waals surface area contributed by atoms with E-state index in [2.05, 4.69) is 29.8 Å². The van der Waals surface area contributed by atoms with Crippen molar-refractivity contribution in [1.29, 1.82) is 0 Å². The Kier molecular flexibility index (Phi) is 4.50. The van der Waals surface area contributed by atoms with Gasteiger partial charge in [0.05, 0.1) is 18.8 Å². The maximum atomic E-state index is 5.84. The van der Waals surface area contributed by atoms with Gasteiger partial charge in [-0.05, 0) is 18.0 Å². The number of hydrogen-bond donors (Lipinski definition) is 1. The third-order valence-corrected chi connectivity index (χ3v) is 4.46. The molecule has 1 N–H and O–H groups in total. The third-order valence-electron chi connectivity index (χ3n) is 2.49. The highest BCUT2D eigenvalue weighted by Gasteiger charge is 2.26. The molecular weight excluding hydrogens is 226 g/mol. The van der Waals surface area contributed by atoms with Crippen LogP contribution in [0, 0.1) is 0 Å². The highest BCUT2D eigenvalue weighted by Crippen LogP contribution is 2.28. The Labute approximate surface area is 99.4 Å². The van der Waals surface area contributed by atoms with Gasteiger partial charge in [-0.2, -0.15) is 11.8 Å². The summed E-state index contributed by atoms with van der Waals surface area (Å²) >= 11 is 3.81. The van der Waals surface area contributed by atoms with Crippen LogP contribution >= 0.6 is 23.1 Å². The van der Waals surface area contributed by atoms with E-state index in [0.29, 0.717) is 12.1 Å². The molecule has 1 aromatic rings. The lowest BCUT2D eigenvalue weighted by atomic mass is 10.1. The number of hydrogen-bond acceptors (Lipinski definition) is 4. The second-order valence-corrected chi connectivity index (χ2v) is 5.66. The summed E-state index contributed by atoms with van der Waals surface area (Å²) in [5.74, 6) is 2.25. The molecule has 1 aliphatic heterocycles. The van der Waals surface area contributed by atoms with Crippen LogP contribution in [0.5, 0.6) is 0 Å². The largest absolute Gasteiger partial charge is 0.374 e. The Morgan fingerprint density at radius 2 is 2.60 bits per heavy atom. The lowest BCUT2D eigenvalue weighted by molar-refractivity contribution is 0.0481. The maximum absolute atomic E-state index is 5.84. The Bertz CT molecular complexity index is 270. The van der Waals surface area contributed by atoms with Gasteiger partial charge in [-0.15, -0.1) is 11.3 Å². The van der Waals surface area contributed by atoms with Gasteiger partial charge in [0.25, 0.3) is 0 Å². The van der Waals surface area contributed by atoms with Crippen molar-refractivity contribution in [3.63, 3.8) is 0 Å². The van der Waals surface area contributed by atoms with Crippen LogP contribution in [0.1, 0.15) is 17.8 Å². The fraction of sp³-hybridized carbons (Fsp3) is 0.636. The molecular formula is C11H17NOS2. The van der Waals surface area contributed by atoms with Crippen molar-refractivity contribution < 1.29 is 4.74 Å². The molecule has 15 heavy (non-hydrogen) atoms. The van der Waals surface area contributed by atoms with Crippen LogP contribution in [0.2, 0.25) is 0 Å². The van der Waals surface area contributed by atoms with Crippen LogP contribution in [-0.2, 0) is 4.74 Å². The Morgan fingerprint density at radius 3 is 3.20 bits per heavy atom. The van der Waals surface area contributed by atoms with Crippen LogP contribution in [0.3, 0.4) is 0 Å². The average molecular weight is 243 g/mol. The van der Waals surface area contributed by atoms with E-state index in [9.17, 15) is 0 Å². The molecule has 1 fully saturated rings. The molecule has 0 aromatic carbocycles. The fourth-order valence-electron chi connectivity index (χ4n) is 1.80. The molecule has 2 heterocycles. The zero-order valence-corrected chi connectivity index (χ0v) is 10.6. The summed E-state index contributed by atoms with van der Waals surface area (Å²) in [5, 5.41) is 5.66. The first-order valence-corrected chi connectivity index (χ1v) is 7.41. The minimum atomic E-state index is 0.336. The minimum absolute atomic E-state index is 0.336. The first-order chi connectivity index (χ1) is 7.42. The van der Waals surface area contributed by atoms with Gasteiger partial charge in [0.15, 0.2) is 0 Å². The molecule has 1 saturated heterocycles. The molecule has 84 valence electrons. The Balaban J connectivity index is 2.04. The van der Waals surface area contributed by atoms with Gasteiger partial charge in [0.1, 0.15) is 0 Å². The molecule has 4 heteroatoms. The molecule has 2 unspecified atom stereocenters. The quantitative estimate of drug-likeness (QED) is 0.878. The molecule has 0 bridgehead atoms. The van der Waals surface area contributed by atoms with Gasteiger partial charge in [-0.1, -0.05) is 13.0 Å². The second kappa shape index (κ2) is 5.89. The fourth-order valence-corrected chi connectivity index (χ4v) is 3.56. The summed E-state index contributed by atoms with van der Waals surface area (Å²) in [4.78, 5) is 1.39. The topological polar surface area (TPSA) is 21.3 Å². The van der Waals surface area contributed by atoms with Crippen molar-refractivity contribution in [3.05, 3.63) is 22.4 Å². The predicted molar refractivity (Wildman–Crippen MR) is 67.8 cm³/mol. The Morgan fingerprint density at radius 1 is 1.67 bits per heavy atom. The van der Waals surface area contributed by atoms with Gasteiger partial charge in [0, 0.05) is 16.4 Å². The molecule has 0 radical (unpaired) electrons. The standard InChI is InChI=1S/C11H17NOS2/c1-2-12-11(10-4-3-6-15-10)9-8-14-7-5-13-9/h3-4,6,9,11-12H,2,5,7-8H2,1H3.